The van der Waals surface area contributed by atoms with E-state index in [1.165, 1.54) is 167 Å². The second-order valence-corrected chi connectivity index (χ2v) is 17.2. The van der Waals surface area contributed by atoms with Crippen LogP contribution in [0.5, 0.6) is 0 Å². The maximum absolute atomic E-state index is 11.4. The lowest BCUT2D eigenvalue weighted by atomic mass is 10.0. The molecule has 0 aromatic heterocycles. The minimum atomic E-state index is -3.12. The monoisotopic (exact) mass is 586 g/mol. The Hall–Kier alpha value is 1.15. The molecule has 0 rings (SSSR count). The lowest BCUT2D eigenvalue weighted by Crippen LogP contribution is -2.00. The van der Waals surface area contributed by atoms with Crippen LogP contribution < -0.4 is 4.89 Å². The molecule has 1 unspecified atom stereocenters. The first-order valence-corrected chi connectivity index (χ1v) is 20.6. The van der Waals surface area contributed by atoms with Crippen molar-refractivity contribution in [3.8, 4) is 0 Å². The van der Waals surface area contributed by atoms with E-state index in [1.54, 1.807) is 0 Å². The van der Waals surface area contributed by atoms with Crippen LogP contribution in [0.15, 0.2) is 0 Å². The van der Waals surface area contributed by atoms with Crippen molar-refractivity contribution in [3.63, 3.8) is 0 Å². The Bertz CT molecular complexity index is 474. The van der Waals surface area contributed by atoms with E-state index in [9.17, 15) is 4.89 Å². The summed E-state index contributed by atoms with van der Waals surface area (Å²) in [5, 5.41) is 0. The maximum atomic E-state index is 11.4. The van der Waals surface area contributed by atoms with Crippen LogP contribution in [0.1, 0.15) is 187 Å². The zero-order valence-electron chi connectivity index (χ0n) is 23.9. The summed E-state index contributed by atoms with van der Waals surface area (Å²) >= 11 is 5.60. The molecule has 0 N–H and O–H groups in total. The third-order valence-corrected chi connectivity index (χ3v) is 12.0. The molecule has 0 radical (unpaired) electrons. The van der Waals surface area contributed by atoms with Gasteiger partial charge in [0.15, 0.2) is 0 Å². The van der Waals surface area contributed by atoms with Gasteiger partial charge in [-0.25, -0.2) is 0 Å². The van der Waals surface area contributed by atoms with Crippen molar-refractivity contribution < 1.29 is 9.42 Å². The van der Waals surface area contributed by atoms with Crippen molar-refractivity contribution in [2.45, 2.75) is 187 Å². The Morgan fingerprint density at radius 2 is 0.694 bits per heavy atom. The van der Waals surface area contributed by atoms with E-state index in [-0.39, 0.29) is 0 Å². The number of unbranched alkanes of at least 4 members (excludes halogenated alkanes) is 27. The summed E-state index contributed by atoms with van der Waals surface area (Å²) in [5.74, 6) is -3.12. The summed E-state index contributed by atoms with van der Waals surface area (Å²) in [7, 11) is 6.00. The molecular weight excluding hydrogens is 526 g/mol. The number of hydrogen-bond acceptors (Lipinski definition) is 2. The normalized spacial score (nSPS) is 13.2. The van der Waals surface area contributed by atoms with E-state index in [1.807, 2.05) is 0 Å². The Balaban J connectivity index is 3.07. The summed E-state index contributed by atoms with van der Waals surface area (Å²) in [6, 6.07) is 0. The zero-order chi connectivity index (χ0) is 26.4. The van der Waals surface area contributed by atoms with Gasteiger partial charge in [0.25, 0.3) is 10.7 Å². The van der Waals surface area contributed by atoms with Crippen molar-refractivity contribution in [2.24, 2.45) is 0 Å². The first kappa shape index (κ1) is 37.1. The standard InChI is InChI=1S/C30H61Cl2O2PS/c1-2-3-4-5-6-7-8-9-10-11-12-13-14-15-16-17-18-19-20-21-22-23-24-25-26-27-28-29-30-34-35(31,33)36-32/h2-30H2,1H3. The summed E-state index contributed by atoms with van der Waals surface area (Å²) in [6.45, 7) is 2.74. The van der Waals surface area contributed by atoms with Crippen LogP contribution in [0.25, 0.3) is 0 Å². The van der Waals surface area contributed by atoms with Gasteiger partial charge in [0.05, 0.1) is 6.61 Å². The zero-order valence-corrected chi connectivity index (χ0v) is 27.2. The summed E-state index contributed by atoms with van der Waals surface area (Å²) in [4.78, 5) is 11.4. The van der Waals surface area contributed by atoms with Crippen molar-refractivity contribution in [1.29, 1.82) is 0 Å². The molecule has 2 nitrogen and oxygen atoms in total. The smallest absolute Gasteiger partial charge is 0.315 e. The van der Waals surface area contributed by atoms with Gasteiger partial charge in [0.1, 0.15) is 0 Å². The third kappa shape index (κ3) is 31.4. The molecule has 0 spiro atoms. The van der Waals surface area contributed by atoms with Crippen LogP contribution in [0.3, 0.4) is 0 Å². The van der Waals surface area contributed by atoms with Crippen LogP contribution in [0.4, 0.5) is 0 Å². The fraction of sp³-hybridized carbons (Fsp3) is 1.00. The molecular formula is C30H61Cl2O2PS. The van der Waals surface area contributed by atoms with Crippen molar-refractivity contribution in [1.82, 2.24) is 0 Å². The molecule has 0 amide bonds. The average molecular weight is 588 g/mol. The number of rotatable bonds is 30. The molecule has 0 bridgehead atoms. The number of hydrogen-bond donors (Lipinski definition) is 0. The van der Waals surface area contributed by atoms with Gasteiger partial charge in [0, 0.05) is 0 Å². The van der Waals surface area contributed by atoms with E-state index in [0.29, 0.717) is 16.8 Å². The van der Waals surface area contributed by atoms with Gasteiger partial charge in [-0.2, -0.15) is 0 Å². The van der Waals surface area contributed by atoms with Crippen LogP contribution in [0, 0.1) is 0 Å². The minimum absolute atomic E-state index is 0.444. The predicted octanol–water partition coefficient (Wildman–Crippen LogP) is 12.5. The number of halogens is 2. The van der Waals surface area contributed by atoms with E-state index in [0.717, 1.165) is 12.8 Å². The molecule has 1 atom stereocenters. The second-order valence-electron chi connectivity index (χ2n) is 10.9. The lowest BCUT2D eigenvalue weighted by molar-refractivity contribution is -0.175. The van der Waals surface area contributed by atoms with Gasteiger partial charge in [-0.3, -0.25) is 0 Å². The first-order valence-electron chi connectivity index (χ1n) is 15.9. The topological polar surface area (TPSA) is 32.3 Å². The fourth-order valence-electron chi connectivity index (χ4n) is 4.96. The minimum Gasteiger partial charge on any atom is -0.751 e. The first-order chi connectivity index (χ1) is 17.6. The van der Waals surface area contributed by atoms with Crippen LogP contribution in [-0.4, -0.2) is 6.61 Å². The van der Waals surface area contributed by atoms with E-state index >= 15 is 0 Å². The molecule has 0 aliphatic heterocycles. The van der Waals surface area contributed by atoms with Crippen molar-refractivity contribution in [2.75, 3.05) is 6.61 Å². The summed E-state index contributed by atoms with van der Waals surface area (Å²) in [5.41, 5.74) is 0. The highest BCUT2D eigenvalue weighted by molar-refractivity contribution is 8.38. The van der Waals surface area contributed by atoms with Gasteiger partial charge in [-0.1, -0.05) is 180 Å². The van der Waals surface area contributed by atoms with Crippen LogP contribution in [-0.2, 0) is 14.7 Å². The van der Waals surface area contributed by atoms with E-state index in [4.69, 9.17) is 26.4 Å². The Kier molecular flexibility index (Phi) is 31.7. The summed E-state index contributed by atoms with van der Waals surface area (Å²) < 4.78 is 5.09. The molecule has 0 fully saturated rings. The molecule has 0 saturated carbocycles. The molecule has 0 aliphatic rings. The molecule has 0 saturated heterocycles. The highest BCUT2D eigenvalue weighted by Gasteiger charge is 2.12. The van der Waals surface area contributed by atoms with Gasteiger partial charge >= 0.3 is 16.0 Å². The van der Waals surface area contributed by atoms with Crippen LogP contribution >= 0.6 is 27.8 Å². The summed E-state index contributed by atoms with van der Waals surface area (Å²) in [6.07, 6.45) is 39.1. The molecule has 6 heteroatoms. The van der Waals surface area contributed by atoms with Gasteiger partial charge in [0.2, 0.25) is 0 Å². The third-order valence-electron chi connectivity index (χ3n) is 7.33. The predicted molar refractivity (Wildman–Crippen MR) is 167 cm³/mol. The van der Waals surface area contributed by atoms with Gasteiger partial charge < -0.3 is 9.42 Å². The quantitative estimate of drug-likeness (QED) is 0.0476. The van der Waals surface area contributed by atoms with E-state index < -0.39 is 5.84 Å². The van der Waals surface area contributed by atoms with Crippen molar-refractivity contribution in [3.05, 3.63) is 0 Å². The Morgan fingerprint density at radius 1 is 0.472 bits per heavy atom. The highest BCUT2D eigenvalue weighted by atomic mass is 35.8. The van der Waals surface area contributed by atoms with Crippen molar-refractivity contribution >= 4 is 37.9 Å². The van der Waals surface area contributed by atoms with Gasteiger partial charge in [-0.15, -0.1) is 0 Å². The molecule has 0 aromatic rings. The maximum Gasteiger partial charge on any atom is 0.315 e. The van der Waals surface area contributed by atoms with Crippen LogP contribution in [0.2, 0.25) is 0 Å². The average Bonchev–Trinajstić information content (AvgIpc) is 2.87. The highest BCUT2D eigenvalue weighted by Crippen LogP contribution is 2.46. The fourth-order valence-corrected chi connectivity index (χ4v) is 6.26. The lowest BCUT2D eigenvalue weighted by Gasteiger charge is -2.10. The SMILES string of the molecule is CCCCCCCCCCCCCCCCCCCCCCCCCCCCCCOP([O-])(Cl)=[S+]Cl. The van der Waals surface area contributed by atoms with E-state index in [2.05, 4.69) is 6.92 Å². The molecule has 36 heavy (non-hydrogen) atoms. The molecule has 0 aromatic carbocycles. The largest absolute Gasteiger partial charge is 0.751 e. The Labute approximate surface area is 239 Å². The molecule has 0 aliphatic carbocycles. The molecule has 218 valence electrons. The molecule has 0 heterocycles. The second kappa shape index (κ2) is 30.7. The Morgan fingerprint density at radius 3 is 0.917 bits per heavy atom. The van der Waals surface area contributed by atoms with Gasteiger partial charge in [-0.05, 0) is 17.7 Å².